The zero-order valence-corrected chi connectivity index (χ0v) is 12.7. The largest absolute Gasteiger partial charge is 0.379 e. The Morgan fingerprint density at radius 3 is 2.78 bits per heavy atom. The lowest BCUT2D eigenvalue weighted by molar-refractivity contribution is 0.0772. The second kappa shape index (κ2) is 9.68. The molecule has 0 amide bonds. The molecule has 0 aliphatic carbocycles. The number of ether oxygens (including phenoxy) is 1. The average molecular weight is 288 g/mol. The summed E-state index contributed by atoms with van der Waals surface area (Å²) in [6, 6.07) is 7.97. The molecule has 0 aliphatic heterocycles. The van der Waals surface area contributed by atoms with Crippen molar-refractivity contribution in [2.75, 3.05) is 25.4 Å². The van der Waals surface area contributed by atoms with E-state index in [9.17, 15) is 0 Å². The van der Waals surface area contributed by atoms with Gasteiger partial charge in [0.2, 0.25) is 0 Å². The fourth-order valence-electron chi connectivity index (χ4n) is 1.44. The van der Waals surface area contributed by atoms with Crippen molar-refractivity contribution in [3.63, 3.8) is 0 Å². The van der Waals surface area contributed by atoms with Gasteiger partial charge in [0.25, 0.3) is 0 Å². The molecule has 0 bridgehead atoms. The van der Waals surface area contributed by atoms with E-state index < -0.39 is 0 Å². The Bertz CT molecular complexity index is 333. The molecule has 18 heavy (non-hydrogen) atoms. The van der Waals surface area contributed by atoms with Crippen LogP contribution in [0.1, 0.15) is 20.3 Å². The third-order valence-corrected chi connectivity index (χ3v) is 3.84. The van der Waals surface area contributed by atoms with Crippen LogP contribution in [0.2, 0.25) is 5.02 Å². The number of rotatable bonds is 9. The quantitative estimate of drug-likeness (QED) is 0.551. The first kappa shape index (κ1) is 15.8. The van der Waals surface area contributed by atoms with Crippen LogP contribution in [0.25, 0.3) is 0 Å². The van der Waals surface area contributed by atoms with E-state index in [0.717, 1.165) is 41.8 Å². The van der Waals surface area contributed by atoms with E-state index in [1.807, 2.05) is 18.2 Å². The summed E-state index contributed by atoms with van der Waals surface area (Å²) in [6.45, 7) is 6.97. The first-order valence-corrected chi connectivity index (χ1v) is 7.76. The standard InChI is InChI=1S/C14H22ClNOS/c1-12(2)17-10-5-8-16-9-11-18-14-7-4-3-6-13(14)15/h3-4,6-7,12,16H,5,8-11H2,1-2H3. The Morgan fingerprint density at radius 2 is 2.06 bits per heavy atom. The summed E-state index contributed by atoms with van der Waals surface area (Å²) in [4.78, 5) is 1.16. The Morgan fingerprint density at radius 1 is 1.28 bits per heavy atom. The van der Waals surface area contributed by atoms with Crippen LogP contribution in [0.5, 0.6) is 0 Å². The lowest BCUT2D eigenvalue weighted by Crippen LogP contribution is -2.20. The summed E-state index contributed by atoms with van der Waals surface area (Å²) in [5.41, 5.74) is 0. The van der Waals surface area contributed by atoms with Crippen molar-refractivity contribution in [1.82, 2.24) is 5.32 Å². The second-order valence-electron chi connectivity index (χ2n) is 4.30. The van der Waals surface area contributed by atoms with E-state index in [-0.39, 0.29) is 0 Å². The van der Waals surface area contributed by atoms with E-state index in [1.165, 1.54) is 0 Å². The molecule has 0 unspecified atom stereocenters. The number of nitrogens with one attached hydrogen (secondary N) is 1. The number of thioether (sulfide) groups is 1. The minimum Gasteiger partial charge on any atom is -0.379 e. The van der Waals surface area contributed by atoms with Crippen molar-refractivity contribution >= 4 is 23.4 Å². The third kappa shape index (κ3) is 7.27. The summed E-state index contributed by atoms with van der Waals surface area (Å²) in [6.07, 6.45) is 1.40. The first-order valence-electron chi connectivity index (χ1n) is 6.40. The normalized spacial score (nSPS) is 11.1. The van der Waals surface area contributed by atoms with Crippen LogP contribution in [0.3, 0.4) is 0 Å². The molecule has 1 rings (SSSR count). The molecule has 0 heterocycles. The summed E-state index contributed by atoms with van der Waals surface area (Å²) in [7, 11) is 0. The van der Waals surface area contributed by atoms with Crippen molar-refractivity contribution in [1.29, 1.82) is 0 Å². The molecular formula is C14H22ClNOS. The summed E-state index contributed by atoms with van der Waals surface area (Å²) >= 11 is 7.87. The maximum Gasteiger partial charge on any atom is 0.0541 e. The average Bonchev–Trinajstić information content (AvgIpc) is 2.34. The van der Waals surface area contributed by atoms with Crippen molar-refractivity contribution in [2.45, 2.75) is 31.3 Å². The molecule has 1 N–H and O–H groups in total. The van der Waals surface area contributed by atoms with Gasteiger partial charge in [0, 0.05) is 23.8 Å². The monoisotopic (exact) mass is 287 g/mol. The summed E-state index contributed by atoms with van der Waals surface area (Å²) in [5.74, 6) is 1.04. The van der Waals surface area contributed by atoms with Gasteiger partial charge in [-0.15, -0.1) is 11.8 Å². The summed E-state index contributed by atoms with van der Waals surface area (Å²) in [5, 5.41) is 4.25. The maximum absolute atomic E-state index is 6.08. The van der Waals surface area contributed by atoms with Crippen LogP contribution < -0.4 is 5.32 Å². The topological polar surface area (TPSA) is 21.3 Å². The van der Waals surface area contributed by atoms with Gasteiger partial charge in [0.05, 0.1) is 11.1 Å². The second-order valence-corrected chi connectivity index (χ2v) is 5.85. The smallest absolute Gasteiger partial charge is 0.0541 e. The SMILES string of the molecule is CC(C)OCCCNCCSc1ccccc1Cl. The minimum absolute atomic E-state index is 0.334. The van der Waals surface area contributed by atoms with Crippen LogP contribution in [0, 0.1) is 0 Å². The van der Waals surface area contributed by atoms with Crippen molar-refractivity contribution in [3.8, 4) is 0 Å². The fraction of sp³-hybridized carbons (Fsp3) is 0.571. The predicted molar refractivity (Wildman–Crippen MR) is 80.8 cm³/mol. The third-order valence-electron chi connectivity index (χ3n) is 2.32. The molecule has 0 atom stereocenters. The van der Waals surface area contributed by atoms with Gasteiger partial charge in [-0.1, -0.05) is 23.7 Å². The zero-order chi connectivity index (χ0) is 13.2. The highest BCUT2D eigenvalue weighted by molar-refractivity contribution is 7.99. The van der Waals surface area contributed by atoms with E-state index in [0.29, 0.717) is 6.10 Å². The molecule has 0 aliphatic rings. The molecule has 0 saturated heterocycles. The Hall–Kier alpha value is -0.220. The molecule has 1 aromatic rings. The molecule has 0 aromatic heterocycles. The zero-order valence-electron chi connectivity index (χ0n) is 11.1. The minimum atomic E-state index is 0.334. The van der Waals surface area contributed by atoms with Crippen LogP contribution in [0.15, 0.2) is 29.2 Å². The fourth-order valence-corrected chi connectivity index (χ4v) is 2.58. The molecule has 2 nitrogen and oxygen atoms in total. The molecular weight excluding hydrogens is 266 g/mol. The highest BCUT2D eigenvalue weighted by Crippen LogP contribution is 2.25. The van der Waals surface area contributed by atoms with Gasteiger partial charge in [0.15, 0.2) is 0 Å². The molecule has 0 fully saturated rings. The molecule has 0 spiro atoms. The number of halogens is 1. The van der Waals surface area contributed by atoms with E-state index in [2.05, 4.69) is 25.2 Å². The van der Waals surface area contributed by atoms with E-state index >= 15 is 0 Å². The van der Waals surface area contributed by atoms with Crippen molar-refractivity contribution < 1.29 is 4.74 Å². The van der Waals surface area contributed by atoms with Crippen molar-refractivity contribution in [3.05, 3.63) is 29.3 Å². The van der Waals surface area contributed by atoms with Crippen LogP contribution in [0.4, 0.5) is 0 Å². The summed E-state index contributed by atoms with van der Waals surface area (Å²) < 4.78 is 5.47. The predicted octanol–water partition coefficient (Wildman–Crippen LogP) is 3.84. The Labute approximate surface area is 119 Å². The number of benzene rings is 1. The Kier molecular flexibility index (Phi) is 8.51. The van der Waals surface area contributed by atoms with Gasteiger partial charge in [-0.05, 0) is 38.9 Å². The highest BCUT2D eigenvalue weighted by Gasteiger charge is 1.98. The lowest BCUT2D eigenvalue weighted by Gasteiger charge is -2.08. The van der Waals surface area contributed by atoms with E-state index in [1.54, 1.807) is 11.8 Å². The van der Waals surface area contributed by atoms with E-state index in [4.69, 9.17) is 16.3 Å². The van der Waals surface area contributed by atoms with Crippen LogP contribution in [-0.2, 0) is 4.74 Å². The van der Waals surface area contributed by atoms with Gasteiger partial charge in [-0.2, -0.15) is 0 Å². The highest BCUT2D eigenvalue weighted by atomic mass is 35.5. The van der Waals surface area contributed by atoms with Crippen molar-refractivity contribution in [2.24, 2.45) is 0 Å². The van der Waals surface area contributed by atoms with Crippen LogP contribution >= 0.6 is 23.4 Å². The van der Waals surface area contributed by atoms with Gasteiger partial charge < -0.3 is 10.1 Å². The number of hydrogen-bond donors (Lipinski definition) is 1. The molecule has 0 radical (unpaired) electrons. The van der Waals surface area contributed by atoms with Gasteiger partial charge >= 0.3 is 0 Å². The lowest BCUT2D eigenvalue weighted by atomic mass is 10.4. The Balaban J connectivity index is 1.98. The van der Waals surface area contributed by atoms with Gasteiger partial charge in [0.1, 0.15) is 0 Å². The molecule has 0 saturated carbocycles. The van der Waals surface area contributed by atoms with Gasteiger partial charge in [-0.25, -0.2) is 0 Å². The molecule has 102 valence electrons. The molecule has 1 aromatic carbocycles. The van der Waals surface area contributed by atoms with Gasteiger partial charge in [-0.3, -0.25) is 0 Å². The van der Waals surface area contributed by atoms with Crippen LogP contribution in [-0.4, -0.2) is 31.6 Å². The first-order chi connectivity index (χ1) is 8.70. The maximum atomic E-state index is 6.08. The molecule has 4 heteroatoms. The number of hydrogen-bond acceptors (Lipinski definition) is 3.